The highest BCUT2D eigenvalue weighted by atomic mass is 15.3. The second-order valence-electron chi connectivity index (χ2n) is 4.34. The van der Waals surface area contributed by atoms with Crippen molar-refractivity contribution in [3.05, 3.63) is 41.7 Å². The normalized spacial score (nSPS) is 10.8. The summed E-state index contributed by atoms with van der Waals surface area (Å²) in [7, 11) is 1.96. The van der Waals surface area contributed by atoms with Crippen LogP contribution in [0.1, 0.15) is 11.3 Å². The van der Waals surface area contributed by atoms with Crippen molar-refractivity contribution in [1.82, 2.24) is 15.1 Å². The first-order chi connectivity index (χ1) is 8.22. The predicted octanol–water partition coefficient (Wildman–Crippen LogP) is 2.39. The van der Waals surface area contributed by atoms with Gasteiger partial charge in [0.2, 0.25) is 0 Å². The molecule has 0 aliphatic heterocycles. The number of nitrogens with zero attached hydrogens (tertiary/aromatic N) is 2. The van der Waals surface area contributed by atoms with Crippen molar-refractivity contribution >= 4 is 0 Å². The summed E-state index contributed by atoms with van der Waals surface area (Å²) in [5.74, 6) is 0. The third-order valence-electron chi connectivity index (χ3n) is 3.04. The number of rotatable bonds is 4. The van der Waals surface area contributed by atoms with Crippen molar-refractivity contribution in [1.29, 1.82) is 0 Å². The quantitative estimate of drug-likeness (QED) is 0.872. The number of aryl methyl sites for hydroxylation is 1. The van der Waals surface area contributed by atoms with E-state index < -0.39 is 0 Å². The highest BCUT2D eigenvalue weighted by Gasteiger charge is 2.07. The molecule has 0 amide bonds. The van der Waals surface area contributed by atoms with Crippen molar-refractivity contribution in [3.8, 4) is 11.1 Å². The van der Waals surface area contributed by atoms with Crippen molar-refractivity contribution in [3.63, 3.8) is 0 Å². The Balaban J connectivity index is 2.27. The average Bonchev–Trinajstić information content (AvgIpc) is 2.69. The average molecular weight is 229 g/mol. The summed E-state index contributed by atoms with van der Waals surface area (Å²) in [6.07, 6.45) is 1.95. The van der Waals surface area contributed by atoms with Crippen LogP contribution in [-0.2, 0) is 6.54 Å². The SMILES string of the molecule is CNCCn1ncc(-c2ccc(C)cc2)c1C. The largest absolute Gasteiger partial charge is 0.318 e. The Labute approximate surface area is 102 Å². The van der Waals surface area contributed by atoms with E-state index >= 15 is 0 Å². The third-order valence-corrected chi connectivity index (χ3v) is 3.04. The highest BCUT2D eigenvalue weighted by Crippen LogP contribution is 2.23. The molecule has 0 saturated heterocycles. The summed E-state index contributed by atoms with van der Waals surface area (Å²) >= 11 is 0. The lowest BCUT2D eigenvalue weighted by Gasteiger charge is -2.05. The maximum absolute atomic E-state index is 4.43. The van der Waals surface area contributed by atoms with E-state index in [9.17, 15) is 0 Å². The van der Waals surface area contributed by atoms with E-state index in [0.29, 0.717) is 0 Å². The molecule has 0 aliphatic rings. The first kappa shape index (κ1) is 11.9. The standard InChI is InChI=1S/C14H19N3/c1-11-4-6-13(7-5-11)14-10-16-17(12(14)2)9-8-15-3/h4-7,10,15H,8-9H2,1-3H3. The number of benzene rings is 1. The Morgan fingerprint density at radius 3 is 2.53 bits per heavy atom. The molecular formula is C14H19N3. The molecule has 0 atom stereocenters. The van der Waals surface area contributed by atoms with Gasteiger partial charge in [-0.15, -0.1) is 0 Å². The topological polar surface area (TPSA) is 29.9 Å². The van der Waals surface area contributed by atoms with Crippen LogP contribution in [0.2, 0.25) is 0 Å². The van der Waals surface area contributed by atoms with Crippen LogP contribution in [0.15, 0.2) is 30.5 Å². The maximum atomic E-state index is 4.43. The van der Waals surface area contributed by atoms with E-state index in [-0.39, 0.29) is 0 Å². The van der Waals surface area contributed by atoms with Gasteiger partial charge < -0.3 is 5.32 Å². The molecule has 0 bridgehead atoms. The van der Waals surface area contributed by atoms with E-state index in [4.69, 9.17) is 0 Å². The van der Waals surface area contributed by atoms with Crippen LogP contribution in [0.4, 0.5) is 0 Å². The Morgan fingerprint density at radius 1 is 1.18 bits per heavy atom. The van der Waals surface area contributed by atoms with Gasteiger partial charge in [-0.05, 0) is 26.5 Å². The molecule has 3 nitrogen and oxygen atoms in total. The number of nitrogens with one attached hydrogen (secondary N) is 1. The van der Waals surface area contributed by atoms with E-state index in [1.807, 2.05) is 17.9 Å². The molecule has 2 rings (SSSR count). The van der Waals surface area contributed by atoms with Gasteiger partial charge >= 0.3 is 0 Å². The number of hydrogen-bond donors (Lipinski definition) is 1. The van der Waals surface area contributed by atoms with E-state index in [1.165, 1.54) is 22.4 Å². The maximum Gasteiger partial charge on any atom is 0.0571 e. The zero-order chi connectivity index (χ0) is 12.3. The van der Waals surface area contributed by atoms with Crippen LogP contribution in [0.25, 0.3) is 11.1 Å². The van der Waals surface area contributed by atoms with Crippen LogP contribution < -0.4 is 5.32 Å². The van der Waals surface area contributed by atoms with Gasteiger partial charge in [0.25, 0.3) is 0 Å². The van der Waals surface area contributed by atoms with E-state index in [1.54, 1.807) is 0 Å². The molecule has 0 saturated carbocycles. The second kappa shape index (κ2) is 5.15. The summed E-state index contributed by atoms with van der Waals surface area (Å²) in [4.78, 5) is 0. The Hall–Kier alpha value is -1.61. The smallest absolute Gasteiger partial charge is 0.0571 e. The van der Waals surface area contributed by atoms with Crippen LogP contribution in [-0.4, -0.2) is 23.4 Å². The van der Waals surface area contributed by atoms with Crippen LogP contribution in [0.5, 0.6) is 0 Å². The molecule has 17 heavy (non-hydrogen) atoms. The first-order valence-corrected chi connectivity index (χ1v) is 5.96. The molecule has 0 spiro atoms. The molecule has 3 heteroatoms. The van der Waals surface area contributed by atoms with Gasteiger partial charge in [0.05, 0.1) is 12.7 Å². The minimum Gasteiger partial charge on any atom is -0.318 e. The zero-order valence-electron chi connectivity index (χ0n) is 10.7. The van der Waals surface area contributed by atoms with Gasteiger partial charge in [-0.2, -0.15) is 5.10 Å². The van der Waals surface area contributed by atoms with Crippen molar-refractivity contribution < 1.29 is 0 Å². The number of hydrogen-bond acceptors (Lipinski definition) is 2. The first-order valence-electron chi connectivity index (χ1n) is 5.96. The minimum absolute atomic E-state index is 0.911. The molecule has 0 unspecified atom stereocenters. The van der Waals surface area contributed by atoms with Crippen LogP contribution in [0, 0.1) is 13.8 Å². The summed E-state index contributed by atoms with van der Waals surface area (Å²) in [5, 5.41) is 7.57. The van der Waals surface area contributed by atoms with Crippen molar-refractivity contribution in [2.45, 2.75) is 20.4 Å². The molecule has 1 aromatic carbocycles. The molecule has 0 fully saturated rings. The second-order valence-corrected chi connectivity index (χ2v) is 4.34. The molecule has 0 radical (unpaired) electrons. The minimum atomic E-state index is 0.911. The highest BCUT2D eigenvalue weighted by molar-refractivity contribution is 5.65. The molecular weight excluding hydrogens is 210 g/mol. The summed E-state index contributed by atoms with van der Waals surface area (Å²) in [6, 6.07) is 8.59. The van der Waals surface area contributed by atoms with Crippen LogP contribution >= 0.6 is 0 Å². The van der Waals surface area contributed by atoms with Crippen molar-refractivity contribution in [2.24, 2.45) is 0 Å². The fourth-order valence-corrected chi connectivity index (χ4v) is 1.91. The van der Waals surface area contributed by atoms with Gasteiger partial charge in [-0.3, -0.25) is 4.68 Å². The Morgan fingerprint density at radius 2 is 1.88 bits per heavy atom. The zero-order valence-corrected chi connectivity index (χ0v) is 10.7. The number of aromatic nitrogens is 2. The fourth-order valence-electron chi connectivity index (χ4n) is 1.91. The molecule has 90 valence electrons. The predicted molar refractivity (Wildman–Crippen MR) is 71.1 cm³/mol. The summed E-state index contributed by atoms with van der Waals surface area (Å²) < 4.78 is 2.05. The lowest BCUT2D eigenvalue weighted by atomic mass is 10.1. The fraction of sp³-hybridized carbons (Fsp3) is 0.357. The molecule has 1 aromatic heterocycles. The number of likely N-dealkylation sites (N-methyl/N-ethyl adjacent to an activating group) is 1. The molecule has 1 N–H and O–H groups in total. The van der Waals surface area contributed by atoms with Gasteiger partial charge in [0.15, 0.2) is 0 Å². The lowest BCUT2D eigenvalue weighted by Crippen LogP contribution is -2.16. The van der Waals surface area contributed by atoms with Gasteiger partial charge in [0, 0.05) is 17.8 Å². The molecule has 0 aliphatic carbocycles. The summed E-state index contributed by atoms with van der Waals surface area (Å²) in [6.45, 7) is 6.08. The van der Waals surface area contributed by atoms with E-state index in [0.717, 1.165) is 13.1 Å². The summed E-state index contributed by atoms with van der Waals surface area (Å²) in [5.41, 5.74) is 4.97. The van der Waals surface area contributed by atoms with Gasteiger partial charge in [-0.25, -0.2) is 0 Å². The molecule has 1 heterocycles. The van der Waals surface area contributed by atoms with Crippen molar-refractivity contribution in [2.75, 3.05) is 13.6 Å². The monoisotopic (exact) mass is 229 g/mol. The van der Waals surface area contributed by atoms with E-state index in [2.05, 4.69) is 48.5 Å². The molecule has 2 aromatic rings. The van der Waals surface area contributed by atoms with Crippen LogP contribution in [0.3, 0.4) is 0 Å². The third kappa shape index (κ3) is 2.56. The van der Waals surface area contributed by atoms with Gasteiger partial charge in [0.1, 0.15) is 0 Å². The van der Waals surface area contributed by atoms with Gasteiger partial charge in [-0.1, -0.05) is 29.8 Å². The Kier molecular flexibility index (Phi) is 3.59. The Bertz CT molecular complexity index is 483. The lowest BCUT2D eigenvalue weighted by molar-refractivity contribution is 0.572.